The zero-order valence-corrected chi connectivity index (χ0v) is 26.0. The van der Waals surface area contributed by atoms with Gasteiger partial charge in [0.2, 0.25) is 11.8 Å². The highest BCUT2D eigenvalue weighted by atomic mass is 127. The number of aliphatic hydroxyl groups is 1. The largest absolute Gasteiger partial charge is 0.504 e. The van der Waals surface area contributed by atoms with Crippen molar-refractivity contribution in [3.8, 4) is 11.5 Å². The molecule has 4 heterocycles. The van der Waals surface area contributed by atoms with Crippen molar-refractivity contribution in [2.75, 3.05) is 20.3 Å². The maximum absolute atomic E-state index is 13.6. The summed E-state index contributed by atoms with van der Waals surface area (Å²) < 4.78 is 12.4. The lowest BCUT2D eigenvalue weighted by Gasteiger charge is -2.31. The second-order valence-electron chi connectivity index (χ2n) is 10.8. The van der Waals surface area contributed by atoms with Crippen molar-refractivity contribution in [2.45, 2.75) is 31.9 Å². The lowest BCUT2D eigenvalue weighted by atomic mass is 9.69. The minimum atomic E-state index is -0.454. The molecule has 2 N–H and O–H groups in total. The van der Waals surface area contributed by atoms with Crippen LogP contribution in [0.15, 0.2) is 65.2 Å². The van der Waals surface area contributed by atoms with Gasteiger partial charge in [-0.05, 0) is 106 Å². The fourth-order valence-electron chi connectivity index (χ4n) is 6.55. The van der Waals surface area contributed by atoms with Crippen molar-refractivity contribution in [2.24, 2.45) is 17.8 Å². The standard InChI is InChI=1S/C32H31IN2O6S/c1-40-27-13-18(12-24(33)30(27)37)11-19(25-6-2-3-9-34-25)7-8-26-28-20(16-36)14-22-29(23(28)17-41-26)32(39)35(31(22)38)15-21-5-4-10-42-21/h2-6,9-13,22-23,26,29,36-37H,7-8,14-17H2,1H3/b19-11-/t22-,23+,26-,29-/m1/s1. The van der Waals surface area contributed by atoms with E-state index >= 15 is 0 Å². The molecule has 42 heavy (non-hydrogen) atoms. The lowest BCUT2D eigenvalue weighted by Crippen LogP contribution is -2.34. The van der Waals surface area contributed by atoms with Crippen LogP contribution in [0.5, 0.6) is 11.5 Å². The molecule has 8 nitrogen and oxygen atoms in total. The highest BCUT2D eigenvalue weighted by Gasteiger charge is 2.56. The zero-order chi connectivity index (χ0) is 29.4. The fourth-order valence-corrected chi connectivity index (χ4v) is 7.86. The molecule has 0 bridgehead atoms. The molecule has 0 spiro atoms. The minimum absolute atomic E-state index is 0.105. The van der Waals surface area contributed by atoms with Crippen LogP contribution in [0.2, 0.25) is 0 Å². The third kappa shape index (κ3) is 5.41. The highest BCUT2D eigenvalue weighted by Crippen LogP contribution is 2.50. The highest BCUT2D eigenvalue weighted by molar-refractivity contribution is 14.1. The Balaban J connectivity index is 1.26. The van der Waals surface area contributed by atoms with Crippen LogP contribution >= 0.6 is 33.9 Å². The van der Waals surface area contributed by atoms with Gasteiger partial charge in [-0.25, -0.2) is 0 Å². The number of phenolic OH excluding ortho intramolecular Hbond substituents is 1. The molecule has 0 radical (unpaired) electrons. The van der Waals surface area contributed by atoms with E-state index in [2.05, 4.69) is 27.6 Å². The van der Waals surface area contributed by atoms with E-state index in [0.717, 1.165) is 32.9 Å². The monoisotopic (exact) mass is 698 g/mol. The summed E-state index contributed by atoms with van der Waals surface area (Å²) in [5.41, 5.74) is 4.50. The van der Waals surface area contributed by atoms with E-state index < -0.39 is 11.8 Å². The van der Waals surface area contributed by atoms with Gasteiger partial charge in [0.15, 0.2) is 11.5 Å². The van der Waals surface area contributed by atoms with Crippen molar-refractivity contribution >= 4 is 57.4 Å². The molecule has 1 aliphatic carbocycles. The van der Waals surface area contributed by atoms with Crippen LogP contribution in [0, 0.1) is 21.3 Å². The Bertz CT molecular complexity index is 1550. The third-order valence-corrected chi connectivity index (χ3v) is 10.1. The van der Waals surface area contributed by atoms with Crippen molar-refractivity contribution in [1.29, 1.82) is 0 Å². The molecule has 3 aromatic rings. The van der Waals surface area contributed by atoms with Gasteiger partial charge in [-0.3, -0.25) is 19.5 Å². The first-order valence-electron chi connectivity index (χ1n) is 13.9. The van der Waals surface area contributed by atoms with Gasteiger partial charge in [0.25, 0.3) is 0 Å². The van der Waals surface area contributed by atoms with Gasteiger partial charge in [-0.1, -0.05) is 12.1 Å². The van der Waals surface area contributed by atoms with Gasteiger partial charge in [0.05, 0.1) is 54.1 Å². The summed E-state index contributed by atoms with van der Waals surface area (Å²) >= 11 is 3.61. The van der Waals surface area contributed by atoms with E-state index in [1.165, 1.54) is 23.3 Å². The van der Waals surface area contributed by atoms with E-state index in [1.54, 1.807) is 12.3 Å². The number of carbonyl (C=O) groups is 2. The second kappa shape index (κ2) is 12.3. The normalized spacial score (nSPS) is 23.9. The molecule has 0 saturated carbocycles. The molecule has 3 aliphatic rings. The third-order valence-electron chi connectivity index (χ3n) is 8.47. The van der Waals surface area contributed by atoms with E-state index in [0.29, 0.717) is 41.7 Å². The summed E-state index contributed by atoms with van der Waals surface area (Å²) in [5, 5.41) is 22.6. The van der Waals surface area contributed by atoms with Crippen molar-refractivity contribution in [1.82, 2.24) is 9.88 Å². The number of aliphatic hydroxyl groups excluding tert-OH is 1. The molecule has 218 valence electrons. The Hall–Kier alpha value is -3.06. The Kier molecular flexibility index (Phi) is 8.49. The van der Waals surface area contributed by atoms with Crippen LogP contribution in [0.4, 0.5) is 0 Å². The number of likely N-dealkylation sites (tertiary alicyclic amines) is 1. The summed E-state index contributed by atoms with van der Waals surface area (Å²) in [6.45, 7) is 0.491. The Morgan fingerprint density at radius 3 is 2.79 bits per heavy atom. The summed E-state index contributed by atoms with van der Waals surface area (Å²) in [6, 6.07) is 13.3. The van der Waals surface area contributed by atoms with Gasteiger partial charge in [0, 0.05) is 17.0 Å². The van der Waals surface area contributed by atoms with Crippen molar-refractivity contribution < 1.29 is 29.3 Å². The number of carbonyl (C=O) groups excluding carboxylic acids is 2. The topological polar surface area (TPSA) is 109 Å². The number of pyridine rings is 1. The number of fused-ring (bicyclic) bond motifs is 3. The second-order valence-corrected chi connectivity index (χ2v) is 13.0. The summed E-state index contributed by atoms with van der Waals surface area (Å²) in [5.74, 6) is -0.900. The molecular formula is C32H31IN2O6S. The lowest BCUT2D eigenvalue weighted by molar-refractivity contribution is -0.140. The number of allylic oxidation sites excluding steroid dienone is 1. The van der Waals surface area contributed by atoms with E-state index in [1.807, 2.05) is 47.9 Å². The van der Waals surface area contributed by atoms with Crippen LogP contribution in [0.1, 0.15) is 35.4 Å². The smallest absolute Gasteiger partial charge is 0.234 e. The Morgan fingerprint density at radius 1 is 1.21 bits per heavy atom. The quantitative estimate of drug-likeness (QED) is 0.178. The predicted octanol–water partition coefficient (Wildman–Crippen LogP) is 5.29. The number of hydrogen-bond donors (Lipinski definition) is 2. The number of phenols is 1. The summed E-state index contributed by atoms with van der Waals surface area (Å²) in [4.78, 5) is 33.9. The number of thiophene rings is 1. The molecule has 2 saturated heterocycles. The molecule has 0 unspecified atom stereocenters. The predicted molar refractivity (Wildman–Crippen MR) is 168 cm³/mol. The number of amides is 2. The van der Waals surface area contributed by atoms with Gasteiger partial charge < -0.3 is 19.7 Å². The maximum Gasteiger partial charge on any atom is 0.234 e. The Labute approximate surface area is 261 Å². The first-order valence-corrected chi connectivity index (χ1v) is 15.9. The SMILES string of the molecule is COc1cc(/C=C(/CC[C@H]2OC[C@H]3C2=C(CO)C[C@H]2C(=O)N(Cc4cccs4)C(=O)[C@H]23)c2ccccn2)cc(I)c1O. The van der Waals surface area contributed by atoms with Crippen LogP contribution in [-0.4, -0.2) is 58.3 Å². The molecule has 2 aliphatic heterocycles. The average Bonchev–Trinajstić information content (AvgIpc) is 3.73. The van der Waals surface area contributed by atoms with Crippen molar-refractivity contribution in [3.05, 3.63) is 84.9 Å². The number of methoxy groups -OCH3 is 1. The number of benzene rings is 1. The summed E-state index contributed by atoms with van der Waals surface area (Å²) in [7, 11) is 1.53. The number of ether oxygens (including phenoxy) is 2. The van der Waals surface area contributed by atoms with E-state index in [9.17, 15) is 19.8 Å². The molecule has 2 aromatic heterocycles. The molecular weight excluding hydrogens is 667 g/mol. The first-order chi connectivity index (χ1) is 20.4. The molecule has 10 heteroatoms. The van der Waals surface area contributed by atoms with Gasteiger partial charge in [0.1, 0.15) is 0 Å². The van der Waals surface area contributed by atoms with E-state index in [-0.39, 0.29) is 36.2 Å². The molecule has 6 rings (SSSR count). The number of aromatic hydroxyl groups is 1. The fraction of sp³-hybridized carbons (Fsp3) is 0.344. The number of halogens is 1. The number of hydrogen-bond acceptors (Lipinski definition) is 8. The number of nitrogens with zero attached hydrogens (tertiary/aromatic N) is 2. The van der Waals surface area contributed by atoms with Crippen LogP contribution in [-0.2, 0) is 20.9 Å². The summed E-state index contributed by atoms with van der Waals surface area (Å²) in [6.07, 6.45) is 5.16. The Morgan fingerprint density at radius 2 is 2.07 bits per heavy atom. The number of rotatable bonds is 9. The molecule has 4 atom stereocenters. The molecule has 1 aromatic carbocycles. The minimum Gasteiger partial charge on any atom is -0.504 e. The van der Waals surface area contributed by atoms with Crippen molar-refractivity contribution in [3.63, 3.8) is 0 Å². The number of imide groups is 1. The first kappa shape index (κ1) is 29.0. The van der Waals surface area contributed by atoms with Crippen LogP contribution < -0.4 is 4.74 Å². The van der Waals surface area contributed by atoms with Crippen LogP contribution in [0.25, 0.3) is 11.6 Å². The van der Waals surface area contributed by atoms with Gasteiger partial charge >= 0.3 is 0 Å². The van der Waals surface area contributed by atoms with E-state index in [4.69, 9.17) is 9.47 Å². The van der Waals surface area contributed by atoms with Crippen LogP contribution in [0.3, 0.4) is 0 Å². The zero-order valence-electron chi connectivity index (χ0n) is 23.0. The average molecular weight is 699 g/mol. The molecule has 2 amide bonds. The van der Waals surface area contributed by atoms with Gasteiger partial charge in [-0.15, -0.1) is 11.3 Å². The van der Waals surface area contributed by atoms with Gasteiger partial charge in [-0.2, -0.15) is 0 Å². The number of aromatic nitrogens is 1. The maximum atomic E-state index is 13.6. The molecule has 2 fully saturated rings.